The maximum atomic E-state index is 2.25. The van der Waals surface area contributed by atoms with Crippen LogP contribution in [0, 0.1) is 0 Å². The molecule has 1 rings (SSSR count). The standard InChI is InChI=1S/C11H21N2/c1-4-5-6-7-8-11-9-10-12(2)13(11)3/h9-10H,4-8H2,1-3H3/q+1. The van der Waals surface area contributed by atoms with Gasteiger partial charge in [0.2, 0.25) is 0 Å². The Bertz CT molecular complexity index is 251. The fourth-order valence-corrected chi connectivity index (χ4v) is 1.58. The van der Waals surface area contributed by atoms with Crippen LogP contribution in [-0.4, -0.2) is 4.68 Å². The van der Waals surface area contributed by atoms with Crippen LogP contribution in [0.3, 0.4) is 0 Å². The molecule has 0 fully saturated rings. The van der Waals surface area contributed by atoms with E-state index in [0.717, 1.165) is 0 Å². The van der Waals surface area contributed by atoms with Crippen molar-refractivity contribution in [3.63, 3.8) is 0 Å². The van der Waals surface area contributed by atoms with Crippen LogP contribution in [0.15, 0.2) is 12.3 Å². The molecule has 0 aromatic carbocycles. The predicted octanol–water partition coefficient (Wildman–Crippen LogP) is 1.97. The summed E-state index contributed by atoms with van der Waals surface area (Å²) >= 11 is 0. The van der Waals surface area contributed by atoms with Crippen molar-refractivity contribution in [3.05, 3.63) is 18.0 Å². The maximum Gasteiger partial charge on any atom is 0.195 e. The average Bonchev–Trinajstić information content (AvgIpc) is 2.43. The van der Waals surface area contributed by atoms with Crippen molar-refractivity contribution in [2.75, 3.05) is 0 Å². The molecule has 0 unspecified atom stereocenters. The molecule has 0 N–H and O–H groups in total. The minimum atomic E-state index is 1.22. The molecule has 1 heterocycles. The molecule has 0 saturated heterocycles. The Hall–Kier alpha value is -0.790. The van der Waals surface area contributed by atoms with Gasteiger partial charge in [-0.15, -0.1) is 4.68 Å². The minimum Gasteiger partial charge on any atom is -0.161 e. The summed E-state index contributed by atoms with van der Waals surface area (Å²) in [7, 11) is 4.20. The zero-order valence-corrected chi connectivity index (χ0v) is 9.08. The Morgan fingerprint density at radius 3 is 2.62 bits per heavy atom. The van der Waals surface area contributed by atoms with Crippen molar-refractivity contribution in [3.8, 4) is 0 Å². The molecule has 0 atom stereocenters. The van der Waals surface area contributed by atoms with Crippen molar-refractivity contribution >= 4 is 0 Å². The van der Waals surface area contributed by atoms with Gasteiger partial charge in [0.05, 0.1) is 12.7 Å². The van der Waals surface area contributed by atoms with Crippen LogP contribution in [0.25, 0.3) is 0 Å². The van der Waals surface area contributed by atoms with Crippen LogP contribution >= 0.6 is 0 Å². The molecule has 0 spiro atoms. The molecule has 2 nitrogen and oxygen atoms in total. The summed E-state index contributed by atoms with van der Waals surface area (Å²) < 4.78 is 4.33. The lowest BCUT2D eigenvalue weighted by Crippen LogP contribution is -2.37. The summed E-state index contributed by atoms with van der Waals surface area (Å²) in [5.74, 6) is 0. The van der Waals surface area contributed by atoms with Gasteiger partial charge in [0.15, 0.2) is 13.2 Å². The molecule has 2 heteroatoms. The summed E-state index contributed by atoms with van der Waals surface area (Å²) in [6.45, 7) is 2.25. The molecular formula is C11H21N2+. The second kappa shape index (κ2) is 5.05. The van der Waals surface area contributed by atoms with E-state index in [1.54, 1.807) is 0 Å². The Labute approximate surface area is 81.2 Å². The Morgan fingerprint density at radius 2 is 2.08 bits per heavy atom. The van der Waals surface area contributed by atoms with Crippen LogP contribution in [-0.2, 0) is 20.5 Å². The van der Waals surface area contributed by atoms with E-state index < -0.39 is 0 Å². The van der Waals surface area contributed by atoms with E-state index in [4.69, 9.17) is 0 Å². The van der Waals surface area contributed by atoms with Gasteiger partial charge in [0, 0.05) is 6.07 Å². The molecule has 0 aliphatic rings. The number of aryl methyl sites for hydroxylation is 2. The van der Waals surface area contributed by atoms with E-state index in [1.807, 2.05) is 0 Å². The van der Waals surface area contributed by atoms with Gasteiger partial charge in [0.25, 0.3) is 0 Å². The summed E-state index contributed by atoms with van der Waals surface area (Å²) in [5.41, 5.74) is 1.44. The van der Waals surface area contributed by atoms with Crippen LogP contribution in [0.5, 0.6) is 0 Å². The minimum absolute atomic E-state index is 1.22. The molecule has 1 aromatic heterocycles. The molecule has 0 saturated carbocycles. The molecular weight excluding hydrogens is 160 g/mol. The van der Waals surface area contributed by atoms with Gasteiger partial charge >= 0.3 is 0 Å². The zero-order chi connectivity index (χ0) is 9.68. The van der Waals surface area contributed by atoms with Crippen molar-refractivity contribution < 1.29 is 4.68 Å². The first-order valence-corrected chi connectivity index (χ1v) is 5.26. The van der Waals surface area contributed by atoms with Gasteiger partial charge in [-0.25, -0.2) is 0 Å². The van der Waals surface area contributed by atoms with Crippen molar-refractivity contribution in [2.24, 2.45) is 14.1 Å². The summed E-state index contributed by atoms with van der Waals surface area (Å²) in [4.78, 5) is 0. The third-order valence-corrected chi connectivity index (χ3v) is 2.66. The van der Waals surface area contributed by atoms with E-state index >= 15 is 0 Å². The van der Waals surface area contributed by atoms with Crippen LogP contribution in [0.4, 0.5) is 0 Å². The number of aromatic nitrogens is 2. The lowest BCUT2D eigenvalue weighted by molar-refractivity contribution is -0.751. The summed E-state index contributed by atoms with van der Waals surface area (Å²) in [6.07, 6.45) is 8.72. The highest BCUT2D eigenvalue weighted by Crippen LogP contribution is 2.05. The Balaban J connectivity index is 2.32. The van der Waals surface area contributed by atoms with E-state index in [-0.39, 0.29) is 0 Å². The molecule has 0 aliphatic heterocycles. The Morgan fingerprint density at radius 1 is 1.31 bits per heavy atom. The highest BCUT2D eigenvalue weighted by Gasteiger charge is 2.05. The van der Waals surface area contributed by atoms with Gasteiger partial charge < -0.3 is 0 Å². The summed E-state index contributed by atoms with van der Waals surface area (Å²) in [6, 6.07) is 2.21. The number of unbranched alkanes of at least 4 members (excludes halogenated alkanes) is 3. The fraction of sp³-hybridized carbons (Fsp3) is 0.727. The molecule has 0 radical (unpaired) electrons. The smallest absolute Gasteiger partial charge is 0.161 e. The van der Waals surface area contributed by atoms with Crippen molar-refractivity contribution in [2.45, 2.75) is 39.0 Å². The number of nitrogens with zero attached hydrogens (tertiary/aromatic N) is 2. The molecule has 13 heavy (non-hydrogen) atoms. The number of hydrogen-bond acceptors (Lipinski definition) is 0. The lowest BCUT2D eigenvalue weighted by Gasteiger charge is -1.99. The molecule has 0 bridgehead atoms. The summed E-state index contributed by atoms with van der Waals surface area (Å²) in [5, 5.41) is 0. The topological polar surface area (TPSA) is 8.81 Å². The van der Waals surface area contributed by atoms with E-state index in [1.165, 1.54) is 37.8 Å². The first-order valence-electron chi connectivity index (χ1n) is 5.26. The van der Waals surface area contributed by atoms with Crippen molar-refractivity contribution in [1.82, 2.24) is 4.68 Å². The first-order chi connectivity index (χ1) is 6.25. The quantitative estimate of drug-likeness (QED) is 0.485. The van der Waals surface area contributed by atoms with Gasteiger partial charge in [-0.3, -0.25) is 0 Å². The highest BCUT2D eigenvalue weighted by molar-refractivity contribution is 4.96. The number of hydrogen-bond donors (Lipinski definition) is 0. The van der Waals surface area contributed by atoms with Crippen molar-refractivity contribution in [1.29, 1.82) is 0 Å². The SMILES string of the molecule is CCCCCCc1cc[n+](C)n1C. The number of rotatable bonds is 5. The highest BCUT2D eigenvalue weighted by atomic mass is 15.4. The van der Waals surface area contributed by atoms with Crippen LogP contribution in [0.1, 0.15) is 38.3 Å². The van der Waals surface area contributed by atoms with Gasteiger partial charge in [-0.2, -0.15) is 4.68 Å². The molecule has 1 aromatic rings. The fourth-order valence-electron chi connectivity index (χ4n) is 1.58. The monoisotopic (exact) mass is 181 g/mol. The van der Waals surface area contributed by atoms with Gasteiger partial charge in [0.1, 0.15) is 0 Å². The maximum absolute atomic E-state index is 2.25. The van der Waals surface area contributed by atoms with Gasteiger partial charge in [-0.05, 0) is 12.8 Å². The lowest BCUT2D eigenvalue weighted by atomic mass is 10.1. The van der Waals surface area contributed by atoms with E-state index in [2.05, 4.69) is 42.6 Å². The second-order valence-corrected chi connectivity index (χ2v) is 3.72. The average molecular weight is 181 g/mol. The second-order valence-electron chi connectivity index (χ2n) is 3.72. The third kappa shape index (κ3) is 2.87. The predicted molar refractivity (Wildman–Crippen MR) is 54.4 cm³/mol. The van der Waals surface area contributed by atoms with Crippen LogP contribution in [0.2, 0.25) is 0 Å². The van der Waals surface area contributed by atoms with E-state index in [9.17, 15) is 0 Å². The molecule has 0 amide bonds. The Kier molecular flexibility index (Phi) is 4.00. The normalized spacial score (nSPS) is 10.7. The largest absolute Gasteiger partial charge is 0.195 e. The first kappa shape index (κ1) is 10.3. The van der Waals surface area contributed by atoms with Gasteiger partial charge in [-0.1, -0.05) is 26.2 Å². The van der Waals surface area contributed by atoms with E-state index in [0.29, 0.717) is 0 Å². The molecule has 0 aliphatic carbocycles. The third-order valence-electron chi connectivity index (χ3n) is 2.66. The zero-order valence-electron chi connectivity index (χ0n) is 9.08. The molecule has 74 valence electrons. The van der Waals surface area contributed by atoms with Crippen LogP contribution < -0.4 is 4.68 Å².